The van der Waals surface area contributed by atoms with E-state index in [4.69, 9.17) is 5.11 Å². The van der Waals surface area contributed by atoms with Crippen molar-refractivity contribution >= 4 is 12.4 Å². The van der Waals surface area contributed by atoms with Crippen molar-refractivity contribution in [3.8, 4) is 0 Å². The van der Waals surface area contributed by atoms with E-state index < -0.39 is 12.0 Å². The Balaban J connectivity index is 2.32. The summed E-state index contributed by atoms with van der Waals surface area (Å²) in [4.78, 5) is 21.4. The molecular weight excluding hydrogens is 218 g/mol. The Bertz CT molecular complexity index is 442. The molecule has 17 heavy (non-hydrogen) atoms. The summed E-state index contributed by atoms with van der Waals surface area (Å²) in [5.41, 5.74) is 3.45. The summed E-state index contributed by atoms with van der Waals surface area (Å²) in [5, 5.41) is 11.5. The highest BCUT2D eigenvalue weighted by Crippen LogP contribution is 2.30. The van der Waals surface area contributed by atoms with Crippen molar-refractivity contribution in [2.24, 2.45) is 0 Å². The number of aryl methyl sites for hydroxylation is 1. The summed E-state index contributed by atoms with van der Waals surface area (Å²) in [6.07, 6.45) is 3.62. The van der Waals surface area contributed by atoms with Gasteiger partial charge in [-0.2, -0.15) is 0 Å². The summed E-state index contributed by atoms with van der Waals surface area (Å²) in [7, 11) is 0. The topological polar surface area (TPSA) is 66.4 Å². The first-order valence-corrected chi connectivity index (χ1v) is 5.74. The molecule has 0 saturated carbocycles. The van der Waals surface area contributed by atoms with Crippen LogP contribution in [-0.4, -0.2) is 17.5 Å². The highest BCUT2D eigenvalue weighted by molar-refractivity contribution is 5.69. The summed E-state index contributed by atoms with van der Waals surface area (Å²) >= 11 is 0. The van der Waals surface area contributed by atoms with Gasteiger partial charge in [-0.05, 0) is 36.0 Å². The second-order valence-electron chi connectivity index (χ2n) is 4.27. The monoisotopic (exact) mass is 233 g/mol. The average molecular weight is 233 g/mol. The fourth-order valence-electron chi connectivity index (χ4n) is 2.49. The lowest BCUT2D eigenvalue weighted by Crippen LogP contribution is -2.23. The molecule has 0 aliphatic heterocycles. The molecular formula is C13H15NO3. The molecule has 4 heteroatoms. The molecule has 0 radical (unpaired) electrons. The Hall–Kier alpha value is -1.84. The van der Waals surface area contributed by atoms with Gasteiger partial charge >= 0.3 is 5.97 Å². The molecule has 1 aromatic carbocycles. The summed E-state index contributed by atoms with van der Waals surface area (Å²) < 4.78 is 0. The first-order valence-electron chi connectivity index (χ1n) is 5.74. The highest BCUT2D eigenvalue weighted by Gasteiger charge is 2.21. The van der Waals surface area contributed by atoms with E-state index in [1.807, 2.05) is 12.1 Å². The van der Waals surface area contributed by atoms with Crippen LogP contribution in [0.5, 0.6) is 0 Å². The van der Waals surface area contributed by atoms with E-state index in [-0.39, 0.29) is 6.42 Å². The average Bonchev–Trinajstić information content (AvgIpc) is 2.75. The van der Waals surface area contributed by atoms with Crippen LogP contribution in [-0.2, 0) is 22.4 Å². The first kappa shape index (κ1) is 11.6. The van der Waals surface area contributed by atoms with Crippen LogP contribution in [0, 0.1) is 0 Å². The maximum Gasteiger partial charge on any atom is 0.305 e. The van der Waals surface area contributed by atoms with E-state index in [1.54, 1.807) is 0 Å². The maximum atomic E-state index is 10.8. The van der Waals surface area contributed by atoms with Gasteiger partial charge in [-0.15, -0.1) is 0 Å². The molecule has 4 nitrogen and oxygen atoms in total. The largest absolute Gasteiger partial charge is 0.481 e. The van der Waals surface area contributed by atoms with Crippen molar-refractivity contribution in [3.63, 3.8) is 0 Å². The van der Waals surface area contributed by atoms with Gasteiger partial charge in [-0.3, -0.25) is 9.59 Å². The zero-order valence-corrected chi connectivity index (χ0v) is 9.48. The molecule has 1 amide bonds. The molecule has 1 atom stereocenters. The van der Waals surface area contributed by atoms with Crippen LogP contribution in [0.4, 0.5) is 0 Å². The van der Waals surface area contributed by atoms with Gasteiger partial charge in [0.05, 0.1) is 12.5 Å². The molecule has 0 saturated heterocycles. The van der Waals surface area contributed by atoms with Crippen molar-refractivity contribution in [1.29, 1.82) is 0 Å². The van der Waals surface area contributed by atoms with Crippen molar-refractivity contribution in [2.75, 3.05) is 0 Å². The first-order chi connectivity index (χ1) is 8.22. The molecule has 1 aliphatic rings. The number of benzene rings is 1. The second-order valence-corrected chi connectivity index (χ2v) is 4.27. The van der Waals surface area contributed by atoms with E-state index in [2.05, 4.69) is 11.4 Å². The number of amides is 1. The third kappa shape index (κ3) is 2.46. The Morgan fingerprint density at radius 2 is 2.29 bits per heavy atom. The fraction of sp³-hybridized carbons (Fsp3) is 0.385. The van der Waals surface area contributed by atoms with Crippen LogP contribution < -0.4 is 5.32 Å². The molecule has 2 N–H and O–H groups in total. The van der Waals surface area contributed by atoms with Crippen LogP contribution in [0.3, 0.4) is 0 Å². The van der Waals surface area contributed by atoms with E-state index in [0.717, 1.165) is 24.8 Å². The summed E-state index contributed by atoms with van der Waals surface area (Å²) in [5.74, 6) is -0.903. The smallest absolute Gasteiger partial charge is 0.305 e. The van der Waals surface area contributed by atoms with Gasteiger partial charge in [0.15, 0.2) is 0 Å². The lowest BCUT2D eigenvalue weighted by atomic mass is 9.95. The van der Waals surface area contributed by atoms with Crippen LogP contribution in [0.25, 0.3) is 0 Å². The standard InChI is InChI=1S/C13H15NO3/c15-8-14-12(7-13(16)17)11-6-2-4-9-3-1-5-10(9)11/h2,4,6,8,12H,1,3,5,7H2,(H,14,15)(H,16,17). The Labute approximate surface area is 99.6 Å². The van der Waals surface area contributed by atoms with Crippen molar-refractivity contribution in [2.45, 2.75) is 31.7 Å². The lowest BCUT2D eigenvalue weighted by Gasteiger charge is -2.18. The van der Waals surface area contributed by atoms with Gasteiger partial charge in [0.25, 0.3) is 0 Å². The Kier molecular flexibility index (Phi) is 3.42. The lowest BCUT2D eigenvalue weighted by molar-refractivity contribution is -0.137. The number of carboxylic acids is 1. The minimum Gasteiger partial charge on any atom is -0.481 e. The van der Waals surface area contributed by atoms with Crippen molar-refractivity contribution < 1.29 is 14.7 Å². The molecule has 0 bridgehead atoms. The number of nitrogens with one attached hydrogen (secondary N) is 1. The predicted molar refractivity (Wildman–Crippen MR) is 62.7 cm³/mol. The molecule has 0 heterocycles. The maximum absolute atomic E-state index is 10.8. The zero-order valence-electron chi connectivity index (χ0n) is 9.48. The molecule has 1 aliphatic carbocycles. The minimum atomic E-state index is -0.903. The summed E-state index contributed by atoms with van der Waals surface area (Å²) in [6.45, 7) is 0. The number of hydrogen-bond donors (Lipinski definition) is 2. The predicted octanol–water partition coefficient (Wildman–Crippen LogP) is 1.44. The van der Waals surface area contributed by atoms with Crippen LogP contribution in [0.15, 0.2) is 18.2 Å². The highest BCUT2D eigenvalue weighted by atomic mass is 16.4. The van der Waals surface area contributed by atoms with Gasteiger partial charge in [-0.25, -0.2) is 0 Å². The molecule has 0 aromatic heterocycles. The number of carbonyl (C=O) groups is 2. The normalized spacial score (nSPS) is 15.1. The molecule has 0 spiro atoms. The molecule has 1 aromatic rings. The summed E-state index contributed by atoms with van der Waals surface area (Å²) in [6, 6.07) is 5.50. The number of rotatable bonds is 5. The van der Waals surface area contributed by atoms with Crippen molar-refractivity contribution in [1.82, 2.24) is 5.32 Å². The van der Waals surface area contributed by atoms with E-state index >= 15 is 0 Å². The Morgan fingerprint density at radius 1 is 1.47 bits per heavy atom. The number of carbonyl (C=O) groups excluding carboxylic acids is 1. The number of fused-ring (bicyclic) bond motifs is 1. The SMILES string of the molecule is O=CNC(CC(=O)O)c1cccc2c1CCC2. The van der Waals surface area contributed by atoms with Crippen LogP contribution >= 0.6 is 0 Å². The minimum absolute atomic E-state index is 0.0742. The fourth-order valence-corrected chi connectivity index (χ4v) is 2.49. The van der Waals surface area contributed by atoms with Crippen LogP contribution in [0.2, 0.25) is 0 Å². The van der Waals surface area contributed by atoms with E-state index in [0.29, 0.717) is 6.41 Å². The quantitative estimate of drug-likeness (QED) is 0.756. The van der Waals surface area contributed by atoms with Gasteiger partial charge in [-0.1, -0.05) is 18.2 Å². The van der Waals surface area contributed by atoms with Gasteiger partial charge < -0.3 is 10.4 Å². The van der Waals surface area contributed by atoms with Gasteiger partial charge in [0.1, 0.15) is 0 Å². The molecule has 1 unspecified atom stereocenters. The number of hydrogen-bond acceptors (Lipinski definition) is 2. The van der Waals surface area contributed by atoms with Crippen LogP contribution in [0.1, 0.15) is 35.6 Å². The van der Waals surface area contributed by atoms with E-state index in [9.17, 15) is 9.59 Å². The van der Waals surface area contributed by atoms with Crippen molar-refractivity contribution in [3.05, 3.63) is 34.9 Å². The third-order valence-electron chi connectivity index (χ3n) is 3.21. The third-order valence-corrected chi connectivity index (χ3v) is 3.21. The molecule has 90 valence electrons. The van der Waals surface area contributed by atoms with Gasteiger partial charge in [0.2, 0.25) is 6.41 Å². The van der Waals surface area contributed by atoms with Gasteiger partial charge in [0, 0.05) is 0 Å². The molecule has 0 fully saturated rings. The van der Waals surface area contributed by atoms with E-state index in [1.165, 1.54) is 11.1 Å². The Morgan fingerprint density at radius 3 is 3.00 bits per heavy atom. The molecule has 2 rings (SSSR count). The number of aliphatic carboxylic acids is 1. The zero-order chi connectivity index (χ0) is 12.3. The second kappa shape index (κ2) is 4.99. The number of carboxylic acid groups (broad SMARTS) is 1.